The van der Waals surface area contributed by atoms with E-state index in [0.717, 1.165) is 5.56 Å². The molecule has 1 heterocycles. The number of nitrogens with zero attached hydrogens (tertiary/aromatic N) is 1. The van der Waals surface area contributed by atoms with Crippen LogP contribution in [0.2, 0.25) is 5.02 Å². The number of hydrogen-bond donors (Lipinski definition) is 0. The van der Waals surface area contributed by atoms with E-state index in [0.29, 0.717) is 16.7 Å². The summed E-state index contributed by atoms with van der Waals surface area (Å²) in [6.07, 6.45) is -2.65. The standard InChI is InChI=1S/C12H10ClF2NO/c1-6-3-4-9(17-2)11-10(6)7(13)5-8(16-11)12(14)15/h3-5,12H,1-2H3. The van der Waals surface area contributed by atoms with E-state index in [1.165, 1.54) is 13.2 Å². The highest BCUT2D eigenvalue weighted by atomic mass is 35.5. The molecule has 17 heavy (non-hydrogen) atoms. The largest absolute Gasteiger partial charge is 0.494 e. The van der Waals surface area contributed by atoms with Crippen molar-refractivity contribution in [1.82, 2.24) is 4.98 Å². The maximum atomic E-state index is 12.6. The predicted octanol–water partition coefficient (Wildman–Crippen LogP) is 4.14. The van der Waals surface area contributed by atoms with Crippen LogP contribution in [-0.4, -0.2) is 12.1 Å². The lowest BCUT2D eigenvalue weighted by atomic mass is 10.1. The molecule has 0 aliphatic rings. The third kappa shape index (κ3) is 2.05. The molecule has 0 aliphatic heterocycles. The van der Waals surface area contributed by atoms with Gasteiger partial charge < -0.3 is 4.74 Å². The van der Waals surface area contributed by atoms with Gasteiger partial charge in [0.15, 0.2) is 0 Å². The molecule has 1 aromatic heterocycles. The van der Waals surface area contributed by atoms with E-state index in [2.05, 4.69) is 4.98 Å². The summed E-state index contributed by atoms with van der Waals surface area (Å²) in [5.41, 5.74) is 0.904. The number of aryl methyl sites for hydroxylation is 1. The minimum absolute atomic E-state index is 0.265. The number of alkyl halides is 2. The highest BCUT2D eigenvalue weighted by Crippen LogP contribution is 2.34. The highest BCUT2D eigenvalue weighted by molar-refractivity contribution is 6.35. The Morgan fingerprint density at radius 2 is 2.06 bits per heavy atom. The topological polar surface area (TPSA) is 22.1 Å². The molecule has 0 atom stereocenters. The molecule has 0 bridgehead atoms. The smallest absolute Gasteiger partial charge is 0.280 e. The molecule has 2 aromatic rings. The average Bonchev–Trinajstić information content (AvgIpc) is 2.28. The van der Waals surface area contributed by atoms with Crippen LogP contribution in [0.1, 0.15) is 17.7 Å². The van der Waals surface area contributed by atoms with Crippen LogP contribution < -0.4 is 4.74 Å². The minimum atomic E-state index is -2.65. The first-order chi connectivity index (χ1) is 8.04. The average molecular weight is 258 g/mol. The molecular formula is C12H10ClF2NO. The van der Waals surface area contributed by atoms with E-state index >= 15 is 0 Å². The van der Waals surface area contributed by atoms with E-state index in [1.54, 1.807) is 6.07 Å². The van der Waals surface area contributed by atoms with Gasteiger partial charge in [-0.1, -0.05) is 17.7 Å². The van der Waals surface area contributed by atoms with Gasteiger partial charge in [0.05, 0.1) is 12.1 Å². The second kappa shape index (κ2) is 4.45. The summed E-state index contributed by atoms with van der Waals surface area (Å²) < 4.78 is 30.4. The molecule has 0 spiro atoms. The van der Waals surface area contributed by atoms with E-state index in [9.17, 15) is 8.78 Å². The van der Waals surface area contributed by atoms with Gasteiger partial charge in [-0.15, -0.1) is 0 Å². The summed E-state index contributed by atoms with van der Waals surface area (Å²) >= 11 is 6.01. The number of benzene rings is 1. The molecule has 0 aliphatic carbocycles. The van der Waals surface area contributed by atoms with Gasteiger partial charge in [-0.05, 0) is 24.6 Å². The van der Waals surface area contributed by atoms with Crippen LogP contribution in [0.15, 0.2) is 18.2 Å². The monoisotopic (exact) mass is 257 g/mol. The lowest BCUT2D eigenvalue weighted by Crippen LogP contribution is -1.95. The zero-order valence-corrected chi connectivity index (χ0v) is 10.1. The Balaban J connectivity index is 2.85. The summed E-state index contributed by atoms with van der Waals surface area (Å²) in [5, 5.41) is 0.914. The number of ether oxygens (including phenoxy) is 1. The Morgan fingerprint density at radius 1 is 1.35 bits per heavy atom. The van der Waals surface area contributed by atoms with Gasteiger partial charge in [0, 0.05) is 5.39 Å². The first-order valence-corrected chi connectivity index (χ1v) is 5.34. The van der Waals surface area contributed by atoms with Crippen LogP contribution >= 0.6 is 11.6 Å². The first kappa shape index (κ1) is 12.0. The van der Waals surface area contributed by atoms with Gasteiger partial charge in [0.1, 0.15) is 17.0 Å². The Hall–Kier alpha value is -1.42. The minimum Gasteiger partial charge on any atom is -0.494 e. The maximum absolute atomic E-state index is 12.6. The molecule has 0 amide bonds. The highest BCUT2D eigenvalue weighted by Gasteiger charge is 2.16. The summed E-state index contributed by atoms with van der Waals surface area (Å²) in [6.45, 7) is 1.84. The van der Waals surface area contributed by atoms with Crippen molar-refractivity contribution in [2.24, 2.45) is 0 Å². The van der Waals surface area contributed by atoms with Crippen LogP contribution in [0.5, 0.6) is 5.75 Å². The number of pyridine rings is 1. The number of hydrogen-bond acceptors (Lipinski definition) is 2. The fraction of sp³-hybridized carbons (Fsp3) is 0.250. The predicted molar refractivity (Wildman–Crippen MR) is 63.0 cm³/mol. The molecular weight excluding hydrogens is 248 g/mol. The Bertz CT molecular complexity index is 572. The van der Waals surface area contributed by atoms with E-state index in [4.69, 9.17) is 16.3 Å². The van der Waals surface area contributed by atoms with Gasteiger partial charge in [-0.2, -0.15) is 0 Å². The van der Waals surface area contributed by atoms with E-state index in [1.807, 2.05) is 13.0 Å². The molecule has 5 heteroatoms. The number of fused-ring (bicyclic) bond motifs is 1. The zero-order chi connectivity index (χ0) is 12.6. The second-order valence-electron chi connectivity index (χ2n) is 3.64. The van der Waals surface area contributed by atoms with Crippen LogP contribution in [0.4, 0.5) is 8.78 Å². The normalized spacial score (nSPS) is 11.2. The lowest BCUT2D eigenvalue weighted by molar-refractivity contribution is 0.146. The zero-order valence-electron chi connectivity index (χ0n) is 9.30. The molecule has 0 saturated heterocycles. The molecule has 0 saturated carbocycles. The fourth-order valence-electron chi connectivity index (χ4n) is 1.73. The molecule has 0 radical (unpaired) electrons. The van der Waals surface area contributed by atoms with Crippen molar-refractivity contribution in [2.75, 3.05) is 7.11 Å². The van der Waals surface area contributed by atoms with Crippen molar-refractivity contribution < 1.29 is 13.5 Å². The quantitative estimate of drug-likeness (QED) is 0.807. The molecule has 90 valence electrons. The van der Waals surface area contributed by atoms with Crippen molar-refractivity contribution in [1.29, 1.82) is 0 Å². The summed E-state index contributed by atoms with van der Waals surface area (Å²) in [6, 6.07) is 4.70. The Morgan fingerprint density at radius 3 is 2.65 bits per heavy atom. The van der Waals surface area contributed by atoms with Gasteiger partial charge >= 0.3 is 0 Å². The maximum Gasteiger partial charge on any atom is 0.280 e. The number of aromatic nitrogens is 1. The van der Waals surface area contributed by atoms with Crippen molar-refractivity contribution in [3.05, 3.63) is 34.5 Å². The third-order valence-corrected chi connectivity index (χ3v) is 2.85. The van der Waals surface area contributed by atoms with Gasteiger partial charge in [0.2, 0.25) is 0 Å². The van der Waals surface area contributed by atoms with Gasteiger partial charge in [0.25, 0.3) is 6.43 Å². The Kier molecular flexibility index (Phi) is 3.15. The molecule has 2 nitrogen and oxygen atoms in total. The van der Waals surface area contributed by atoms with Crippen LogP contribution in [0.25, 0.3) is 10.9 Å². The summed E-state index contributed by atoms with van der Waals surface area (Å²) in [5.74, 6) is 0.440. The van der Waals surface area contributed by atoms with Gasteiger partial charge in [-0.25, -0.2) is 13.8 Å². The van der Waals surface area contributed by atoms with E-state index in [-0.39, 0.29) is 10.7 Å². The molecule has 0 fully saturated rings. The Labute approximate surface area is 102 Å². The van der Waals surface area contributed by atoms with Crippen molar-refractivity contribution in [3.63, 3.8) is 0 Å². The first-order valence-electron chi connectivity index (χ1n) is 4.96. The van der Waals surface area contributed by atoms with Crippen LogP contribution in [0, 0.1) is 6.92 Å². The second-order valence-corrected chi connectivity index (χ2v) is 4.05. The van der Waals surface area contributed by atoms with E-state index < -0.39 is 6.43 Å². The SMILES string of the molecule is COc1ccc(C)c2c(Cl)cc(C(F)F)nc12. The number of methoxy groups -OCH3 is 1. The summed E-state index contributed by atoms with van der Waals surface area (Å²) in [7, 11) is 1.47. The molecule has 0 N–H and O–H groups in total. The fourth-order valence-corrected chi connectivity index (χ4v) is 2.08. The summed E-state index contributed by atoms with van der Waals surface area (Å²) in [4.78, 5) is 3.91. The van der Waals surface area contributed by atoms with Crippen molar-refractivity contribution in [3.8, 4) is 5.75 Å². The van der Waals surface area contributed by atoms with Crippen LogP contribution in [0.3, 0.4) is 0 Å². The molecule has 2 rings (SSSR count). The lowest BCUT2D eigenvalue weighted by Gasteiger charge is -2.10. The third-order valence-electron chi connectivity index (χ3n) is 2.55. The van der Waals surface area contributed by atoms with Crippen LogP contribution in [-0.2, 0) is 0 Å². The molecule has 0 unspecified atom stereocenters. The molecule has 1 aromatic carbocycles. The number of halogens is 3. The van der Waals surface area contributed by atoms with Crippen molar-refractivity contribution in [2.45, 2.75) is 13.3 Å². The van der Waals surface area contributed by atoms with Gasteiger partial charge in [-0.3, -0.25) is 0 Å². The number of rotatable bonds is 2. The van der Waals surface area contributed by atoms with Crippen molar-refractivity contribution >= 4 is 22.5 Å².